The Morgan fingerprint density at radius 2 is 1.79 bits per heavy atom. The van der Waals surface area contributed by atoms with Crippen LogP contribution in [0.3, 0.4) is 0 Å². The molecule has 0 bridgehead atoms. The summed E-state index contributed by atoms with van der Waals surface area (Å²) in [6, 6.07) is 5.59. The van der Waals surface area contributed by atoms with E-state index < -0.39 is 30.1 Å². The Balaban J connectivity index is 1.54. The van der Waals surface area contributed by atoms with E-state index in [9.17, 15) is 22.8 Å². The number of nitrogens with zero attached hydrogens (tertiary/aromatic N) is 2. The second-order valence-electron chi connectivity index (χ2n) is 11.8. The highest BCUT2D eigenvalue weighted by atomic mass is 19.3. The molecule has 0 radical (unpaired) electrons. The maximum atomic E-state index is 14.5. The van der Waals surface area contributed by atoms with Crippen LogP contribution in [0.15, 0.2) is 41.6 Å². The highest BCUT2D eigenvalue weighted by Crippen LogP contribution is 2.51. The smallest absolute Gasteiger partial charge is 0.257 e. The lowest BCUT2D eigenvalue weighted by Gasteiger charge is -2.51. The molecule has 42 heavy (non-hydrogen) atoms. The van der Waals surface area contributed by atoms with Gasteiger partial charge >= 0.3 is 0 Å². The number of hydrogen-bond acceptors (Lipinski definition) is 4. The molecule has 2 aliphatic carbocycles. The molecule has 10 heteroatoms. The lowest BCUT2D eigenvalue weighted by atomic mass is 9.70. The first-order chi connectivity index (χ1) is 20.0. The van der Waals surface area contributed by atoms with Crippen molar-refractivity contribution in [3.8, 4) is 0 Å². The quantitative estimate of drug-likeness (QED) is 0.233. The van der Waals surface area contributed by atoms with E-state index in [1.54, 1.807) is 19.1 Å². The van der Waals surface area contributed by atoms with E-state index in [-0.39, 0.29) is 11.8 Å². The molecule has 0 unspecified atom stereocenters. The molecule has 226 valence electrons. The third-order valence-electron chi connectivity index (χ3n) is 8.80. The number of nitrogens with one attached hydrogen (secondary N) is 3. The van der Waals surface area contributed by atoms with Gasteiger partial charge in [-0.1, -0.05) is 25.0 Å². The first-order valence-electron chi connectivity index (χ1n) is 14.8. The number of aromatic nitrogens is 1. The number of benzene rings is 1. The summed E-state index contributed by atoms with van der Waals surface area (Å²) in [5, 5.41) is 7.67. The van der Waals surface area contributed by atoms with Gasteiger partial charge < -0.3 is 20.2 Å². The van der Waals surface area contributed by atoms with E-state index in [1.165, 1.54) is 24.3 Å². The molecule has 3 aliphatic rings. The maximum absolute atomic E-state index is 14.5. The van der Waals surface area contributed by atoms with Crippen molar-refractivity contribution < 1.29 is 22.8 Å². The molecule has 5 rings (SSSR count). The predicted octanol–water partition coefficient (Wildman–Crippen LogP) is 6.11. The average molecular weight is 584 g/mol. The normalized spacial score (nSPS) is 18.5. The van der Waals surface area contributed by atoms with Crippen LogP contribution in [0.2, 0.25) is 0 Å². The monoisotopic (exact) mass is 583 g/mol. The van der Waals surface area contributed by atoms with Crippen molar-refractivity contribution in [2.24, 2.45) is 0 Å². The van der Waals surface area contributed by atoms with Gasteiger partial charge in [-0.25, -0.2) is 18.6 Å². The first kappa shape index (κ1) is 29.9. The number of allylic oxidation sites excluding steroid dienone is 2. The number of fused-ring (bicyclic) bond motifs is 1. The standard InChI is InChI=1S/C32H40F3N5O2/c1-5-6-12-25(39(4)36-3)31(18-32(34,35)19-31)38-30(42)27(21-9-7-10-21)28-20(2)26(24-11-8-17-40(24)28)29(41)37-23-15-13-22(33)14-16-23/h12-16,36H,5-11,17-19H2,1-4H3,(H,37,41)(H,38,42)/b25-12-. The fourth-order valence-corrected chi connectivity index (χ4v) is 6.61. The van der Waals surface area contributed by atoms with Crippen LogP contribution in [0.5, 0.6) is 0 Å². The molecule has 3 N–H and O–H groups in total. The number of rotatable bonds is 10. The van der Waals surface area contributed by atoms with Crippen LogP contribution in [0.4, 0.5) is 18.9 Å². The number of anilines is 1. The molecular weight excluding hydrogens is 543 g/mol. The zero-order valence-corrected chi connectivity index (χ0v) is 24.8. The molecule has 2 amide bonds. The minimum absolute atomic E-state index is 0.315. The van der Waals surface area contributed by atoms with Crippen LogP contribution < -0.4 is 16.1 Å². The van der Waals surface area contributed by atoms with Gasteiger partial charge in [-0.15, -0.1) is 0 Å². The Morgan fingerprint density at radius 1 is 1.10 bits per heavy atom. The minimum atomic E-state index is -2.88. The Labute approximate surface area is 245 Å². The van der Waals surface area contributed by atoms with Gasteiger partial charge in [0.2, 0.25) is 0 Å². The first-order valence-corrected chi connectivity index (χ1v) is 14.8. The molecule has 2 fully saturated rings. The summed E-state index contributed by atoms with van der Waals surface area (Å²) in [5.41, 5.74) is 7.14. The predicted molar refractivity (Wildman–Crippen MR) is 157 cm³/mol. The molecule has 0 atom stereocenters. The van der Waals surface area contributed by atoms with E-state index in [1.807, 2.05) is 19.9 Å². The van der Waals surface area contributed by atoms with E-state index >= 15 is 0 Å². The van der Waals surface area contributed by atoms with Gasteiger partial charge in [0.1, 0.15) is 5.82 Å². The Morgan fingerprint density at radius 3 is 2.36 bits per heavy atom. The van der Waals surface area contributed by atoms with Gasteiger partial charge in [-0.05, 0) is 75.3 Å². The molecule has 2 aromatic rings. The van der Waals surface area contributed by atoms with Crippen molar-refractivity contribution in [2.45, 2.75) is 89.6 Å². The van der Waals surface area contributed by atoms with E-state index in [0.717, 1.165) is 43.4 Å². The molecule has 1 aromatic carbocycles. The number of carbonyl (C=O) groups excluding carboxylic acids is 2. The molecule has 2 saturated carbocycles. The third kappa shape index (κ3) is 5.48. The molecule has 1 aromatic heterocycles. The van der Waals surface area contributed by atoms with Crippen LogP contribution in [0.1, 0.15) is 85.6 Å². The summed E-state index contributed by atoms with van der Waals surface area (Å²) >= 11 is 0. The highest BCUT2D eigenvalue weighted by Gasteiger charge is 2.60. The minimum Gasteiger partial charge on any atom is -0.343 e. The van der Waals surface area contributed by atoms with Gasteiger partial charge in [-0.2, -0.15) is 0 Å². The lowest BCUT2D eigenvalue weighted by Crippen LogP contribution is -2.66. The second kappa shape index (κ2) is 11.6. The zero-order chi connectivity index (χ0) is 30.2. The van der Waals surface area contributed by atoms with Crippen molar-refractivity contribution in [2.75, 3.05) is 19.4 Å². The van der Waals surface area contributed by atoms with Gasteiger partial charge in [0.05, 0.1) is 28.1 Å². The Kier molecular flexibility index (Phi) is 8.29. The van der Waals surface area contributed by atoms with Gasteiger partial charge in [0.25, 0.3) is 17.7 Å². The highest BCUT2D eigenvalue weighted by molar-refractivity contribution is 6.22. The summed E-state index contributed by atoms with van der Waals surface area (Å²) in [5.74, 6) is -3.97. The van der Waals surface area contributed by atoms with E-state index in [0.29, 0.717) is 53.2 Å². The van der Waals surface area contributed by atoms with Crippen LogP contribution in [-0.2, 0) is 17.8 Å². The van der Waals surface area contributed by atoms with Crippen molar-refractivity contribution in [1.29, 1.82) is 0 Å². The van der Waals surface area contributed by atoms with Crippen LogP contribution in [0.25, 0.3) is 5.57 Å². The Bertz CT molecular complexity index is 1430. The van der Waals surface area contributed by atoms with Gasteiger partial charge in [0, 0.05) is 44.9 Å². The van der Waals surface area contributed by atoms with Crippen LogP contribution in [0, 0.1) is 12.7 Å². The molecule has 1 aliphatic heterocycles. The van der Waals surface area contributed by atoms with Gasteiger partial charge in [0.15, 0.2) is 0 Å². The molecule has 7 nitrogen and oxygen atoms in total. The van der Waals surface area contributed by atoms with Gasteiger partial charge in [-0.3, -0.25) is 9.59 Å². The number of amides is 2. The van der Waals surface area contributed by atoms with Crippen molar-refractivity contribution in [3.05, 3.63) is 69.9 Å². The second-order valence-corrected chi connectivity index (χ2v) is 11.8. The zero-order valence-electron chi connectivity index (χ0n) is 24.8. The SMILES string of the molecule is CCC/C=C(\N(C)NC)C1(NC(=O)C(=C2CCC2)c2c(C)c(C(=O)Nc3ccc(F)cc3)c3n2CCC3)CC(F)(F)C1. The largest absolute Gasteiger partial charge is 0.343 e. The van der Waals surface area contributed by atoms with E-state index in [2.05, 4.69) is 20.6 Å². The summed E-state index contributed by atoms with van der Waals surface area (Å²) in [6.07, 6.45) is 6.46. The topological polar surface area (TPSA) is 78.4 Å². The third-order valence-corrected chi connectivity index (χ3v) is 8.80. The summed E-state index contributed by atoms with van der Waals surface area (Å²) in [4.78, 5) is 27.9. The average Bonchev–Trinajstić information content (AvgIpc) is 3.46. The molecule has 2 heterocycles. The number of carbonyl (C=O) groups is 2. The number of unbranched alkanes of at least 4 members (excludes halogenated alkanes) is 1. The van der Waals surface area contributed by atoms with Crippen molar-refractivity contribution in [1.82, 2.24) is 20.3 Å². The molecular formula is C32H40F3N5O2. The number of alkyl halides is 2. The molecule has 0 saturated heterocycles. The van der Waals surface area contributed by atoms with Crippen molar-refractivity contribution in [3.63, 3.8) is 0 Å². The van der Waals surface area contributed by atoms with Crippen LogP contribution >= 0.6 is 0 Å². The number of likely N-dealkylation sites (N-methyl/N-ethyl adjacent to an activating group) is 1. The maximum Gasteiger partial charge on any atom is 0.257 e. The summed E-state index contributed by atoms with van der Waals surface area (Å²) in [7, 11) is 3.49. The number of hydrogen-bond donors (Lipinski definition) is 3. The van der Waals surface area contributed by atoms with Crippen molar-refractivity contribution >= 4 is 23.1 Å². The molecule has 0 spiro atoms. The number of halogens is 3. The van der Waals surface area contributed by atoms with E-state index in [4.69, 9.17) is 0 Å². The fraction of sp³-hybridized carbons (Fsp3) is 0.500. The lowest BCUT2D eigenvalue weighted by molar-refractivity contribution is -0.140. The van der Waals surface area contributed by atoms with Crippen LogP contribution in [-0.4, -0.2) is 46.9 Å². The fourth-order valence-electron chi connectivity index (χ4n) is 6.61. The number of hydrazine groups is 1. The summed E-state index contributed by atoms with van der Waals surface area (Å²) < 4.78 is 44.6. The Hall–Kier alpha value is -3.53. The summed E-state index contributed by atoms with van der Waals surface area (Å²) in [6.45, 7) is 4.53.